The second-order valence-corrected chi connectivity index (χ2v) is 8.21. The van der Waals surface area contributed by atoms with Gasteiger partial charge >= 0.3 is 0 Å². The molecule has 0 saturated carbocycles. The van der Waals surface area contributed by atoms with Crippen molar-refractivity contribution in [2.75, 3.05) is 25.1 Å². The Morgan fingerprint density at radius 1 is 1.42 bits per heavy atom. The van der Waals surface area contributed by atoms with E-state index < -0.39 is 11.4 Å². The SMILES string of the molecule is COc1ncc(F)cc1C1CCCN1c1ccn2ncc(C(=O)NCC(C)(C)O)c2n1. The van der Waals surface area contributed by atoms with Crippen LogP contribution in [0.5, 0.6) is 5.88 Å². The number of hydrogen-bond acceptors (Lipinski definition) is 7. The highest BCUT2D eigenvalue weighted by Gasteiger charge is 2.31. The Morgan fingerprint density at radius 2 is 2.23 bits per heavy atom. The van der Waals surface area contributed by atoms with E-state index in [2.05, 4.69) is 25.3 Å². The number of hydrogen-bond donors (Lipinski definition) is 2. The highest BCUT2D eigenvalue weighted by atomic mass is 19.1. The fourth-order valence-corrected chi connectivity index (χ4v) is 3.79. The van der Waals surface area contributed by atoms with Crippen molar-refractivity contribution < 1.29 is 19.0 Å². The van der Waals surface area contributed by atoms with Crippen molar-refractivity contribution in [2.24, 2.45) is 0 Å². The summed E-state index contributed by atoms with van der Waals surface area (Å²) in [4.78, 5) is 23.4. The minimum atomic E-state index is -1.03. The average Bonchev–Trinajstić information content (AvgIpc) is 3.38. The third kappa shape index (κ3) is 4.29. The number of rotatable bonds is 6. The molecule has 10 heteroatoms. The number of carbonyl (C=O) groups excluding carboxylic acids is 1. The normalized spacial score (nSPS) is 16.7. The van der Waals surface area contributed by atoms with Gasteiger partial charge in [-0.1, -0.05) is 0 Å². The van der Waals surface area contributed by atoms with Crippen molar-refractivity contribution in [2.45, 2.75) is 38.3 Å². The van der Waals surface area contributed by atoms with Crippen LogP contribution < -0.4 is 15.0 Å². The van der Waals surface area contributed by atoms with E-state index in [9.17, 15) is 14.3 Å². The molecule has 1 saturated heterocycles. The van der Waals surface area contributed by atoms with Crippen LogP contribution in [0.2, 0.25) is 0 Å². The third-order valence-corrected chi connectivity index (χ3v) is 5.23. The van der Waals surface area contributed by atoms with Gasteiger partial charge in [-0.3, -0.25) is 4.79 Å². The van der Waals surface area contributed by atoms with E-state index in [1.807, 2.05) is 6.07 Å². The van der Waals surface area contributed by atoms with Crippen LogP contribution in [-0.4, -0.2) is 56.4 Å². The standard InChI is InChI=1S/C21H25FN6O3/c1-21(2,30)12-24-19(29)15-11-25-28-8-6-17(26-18(15)28)27-7-4-5-16(27)14-9-13(22)10-23-20(14)31-3/h6,8-11,16,30H,4-5,7,12H2,1-3H3,(H,24,29). The molecule has 164 valence electrons. The maximum Gasteiger partial charge on any atom is 0.256 e. The molecule has 1 fully saturated rings. The molecular formula is C21H25FN6O3. The minimum absolute atomic E-state index is 0.101. The molecule has 1 amide bonds. The Kier molecular flexibility index (Phi) is 5.48. The Bertz CT molecular complexity index is 1110. The predicted molar refractivity (Wildman–Crippen MR) is 112 cm³/mol. The lowest BCUT2D eigenvalue weighted by Crippen LogP contribution is -2.38. The Morgan fingerprint density at radius 3 is 2.97 bits per heavy atom. The summed E-state index contributed by atoms with van der Waals surface area (Å²) in [6.07, 6.45) is 6.02. The number of ether oxygens (including phenoxy) is 1. The molecule has 1 atom stereocenters. The molecule has 31 heavy (non-hydrogen) atoms. The number of pyridine rings is 1. The first-order valence-corrected chi connectivity index (χ1v) is 10.1. The zero-order valence-electron chi connectivity index (χ0n) is 17.7. The highest BCUT2D eigenvalue weighted by Crippen LogP contribution is 2.38. The van der Waals surface area contributed by atoms with Crippen LogP contribution in [0.1, 0.15) is 48.7 Å². The molecule has 0 aromatic carbocycles. The zero-order valence-corrected chi connectivity index (χ0v) is 17.7. The van der Waals surface area contributed by atoms with Gasteiger partial charge in [0.15, 0.2) is 5.65 Å². The topological polar surface area (TPSA) is 105 Å². The van der Waals surface area contributed by atoms with Gasteiger partial charge in [-0.25, -0.2) is 18.9 Å². The summed E-state index contributed by atoms with van der Waals surface area (Å²) in [6.45, 7) is 4.05. The fraction of sp³-hybridized carbons (Fsp3) is 0.429. The number of anilines is 1. The van der Waals surface area contributed by atoms with E-state index >= 15 is 0 Å². The van der Waals surface area contributed by atoms with Gasteiger partial charge in [0.1, 0.15) is 17.2 Å². The molecule has 0 radical (unpaired) electrons. The number of aliphatic hydroxyl groups is 1. The van der Waals surface area contributed by atoms with Crippen molar-refractivity contribution in [1.29, 1.82) is 0 Å². The van der Waals surface area contributed by atoms with Gasteiger partial charge in [0.05, 0.1) is 31.1 Å². The van der Waals surface area contributed by atoms with Crippen molar-refractivity contribution in [3.05, 3.63) is 47.7 Å². The molecule has 1 unspecified atom stereocenters. The monoisotopic (exact) mass is 428 g/mol. The van der Waals surface area contributed by atoms with Gasteiger partial charge in [-0.15, -0.1) is 0 Å². The first-order chi connectivity index (χ1) is 14.8. The molecule has 4 rings (SSSR count). The summed E-state index contributed by atoms with van der Waals surface area (Å²) >= 11 is 0. The predicted octanol–water partition coefficient (Wildman–Crippen LogP) is 2.11. The largest absolute Gasteiger partial charge is 0.481 e. The van der Waals surface area contributed by atoms with Gasteiger partial charge < -0.3 is 20.1 Å². The van der Waals surface area contributed by atoms with Crippen LogP contribution in [0.25, 0.3) is 5.65 Å². The van der Waals surface area contributed by atoms with Gasteiger partial charge in [0, 0.05) is 24.8 Å². The second kappa shape index (κ2) is 8.10. The molecule has 1 aliphatic rings. The van der Waals surface area contributed by atoms with Crippen molar-refractivity contribution in [3.8, 4) is 5.88 Å². The first kappa shape index (κ1) is 21.0. The Labute approximate surface area is 178 Å². The molecular weight excluding hydrogens is 403 g/mol. The van der Waals surface area contributed by atoms with Gasteiger partial charge in [0.2, 0.25) is 5.88 Å². The summed E-state index contributed by atoms with van der Waals surface area (Å²) < 4.78 is 20.8. The van der Waals surface area contributed by atoms with Crippen molar-refractivity contribution in [3.63, 3.8) is 0 Å². The molecule has 4 heterocycles. The summed E-state index contributed by atoms with van der Waals surface area (Å²) in [7, 11) is 1.51. The molecule has 0 spiro atoms. The van der Waals surface area contributed by atoms with Crippen LogP contribution in [0.15, 0.2) is 30.7 Å². The minimum Gasteiger partial charge on any atom is -0.481 e. The number of fused-ring (bicyclic) bond motifs is 1. The lowest BCUT2D eigenvalue weighted by atomic mass is 10.1. The van der Waals surface area contributed by atoms with Crippen LogP contribution in [0.4, 0.5) is 10.2 Å². The maximum atomic E-state index is 13.9. The van der Waals surface area contributed by atoms with E-state index in [1.165, 1.54) is 23.9 Å². The lowest BCUT2D eigenvalue weighted by Gasteiger charge is -2.27. The summed E-state index contributed by atoms with van der Waals surface area (Å²) in [6, 6.07) is 3.11. The summed E-state index contributed by atoms with van der Waals surface area (Å²) in [5.41, 5.74) is 0.351. The molecule has 3 aromatic heterocycles. The van der Waals surface area contributed by atoms with E-state index in [4.69, 9.17) is 4.74 Å². The number of amides is 1. The summed E-state index contributed by atoms with van der Waals surface area (Å²) in [5.74, 6) is 0.247. The Balaban J connectivity index is 1.67. The smallest absolute Gasteiger partial charge is 0.256 e. The lowest BCUT2D eigenvalue weighted by molar-refractivity contribution is 0.0695. The average molecular weight is 428 g/mol. The van der Waals surface area contributed by atoms with Crippen molar-refractivity contribution in [1.82, 2.24) is 24.9 Å². The molecule has 3 aromatic rings. The maximum absolute atomic E-state index is 13.9. The van der Waals surface area contributed by atoms with Crippen LogP contribution in [0.3, 0.4) is 0 Å². The molecule has 0 bridgehead atoms. The van der Waals surface area contributed by atoms with Crippen LogP contribution >= 0.6 is 0 Å². The van der Waals surface area contributed by atoms with Crippen molar-refractivity contribution >= 4 is 17.4 Å². The van der Waals surface area contributed by atoms with Gasteiger partial charge in [0.25, 0.3) is 5.91 Å². The summed E-state index contributed by atoms with van der Waals surface area (Å²) in [5, 5.41) is 16.8. The van der Waals surface area contributed by atoms with Crippen LogP contribution in [0, 0.1) is 5.82 Å². The van der Waals surface area contributed by atoms with Crippen LogP contribution in [-0.2, 0) is 0 Å². The quantitative estimate of drug-likeness (QED) is 0.620. The molecule has 9 nitrogen and oxygen atoms in total. The number of nitrogens with zero attached hydrogens (tertiary/aromatic N) is 5. The van der Waals surface area contributed by atoms with E-state index in [0.717, 1.165) is 25.6 Å². The van der Waals surface area contributed by atoms with E-state index in [-0.39, 0.29) is 18.5 Å². The van der Waals surface area contributed by atoms with Gasteiger partial charge in [-0.2, -0.15) is 5.10 Å². The Hall–Kier alpha value is -3.27. The highest BCUT2D eigenvalue weighted by molar-refractivity contribution is 5.99. The number of halogens is 1. The first-order valence-electron chi connectivity index (χ1n) is 10.1. The number of methoxy groups -OCH3 is 1. The van der Waals surface area contributed by atoms with Gasteiger partial charge in [-0.05, 0) is 38.8 Å². The number of nitrogens with one attached hydrogen (secondary N) is 1. The number of carbonyl (C=O) groups is 1. The molecule has 1 aliphatic heterocycles. The van der Waals surface area contributed by atoms with E-state index in [0.29, 0.717) is 28.5 Å². The zero-order chi connectivity index (χ0) is 22.2. The number of aromatic nitrogens is 4. The third-order valence-electron chi connectivity index (χ3n) is 5.23. The second-order valence-electron chi connectivity index (χ2n) is 8.21. The van der Waals surface area contributed by atoms with E-state index in [1.54, 1.807) is 20.0 Å². The molecule has 0 aliphatic carbocycles. The fourth-order valence-electron chi connectivity index (χ4n) is 3.79. The molecule has 2 N–H and O–H groups in total.